The van der Waals surface area contributed by atoms with E-state index in [1.807, 2.05) is 0 Å². The zero-order chi connectivity index (χ0) is 19.3. The summed E-state index contributed by atoms with van der Waals surface area (Å²) in [7, 11) is -3.88. The van der Waals surface area contributed by atoms with Gasteiger partial charge in [0.2, 0.25) is 15.9 Å². The van der Waals surface area contributed by atoms with Gasteiger partial charge < -0.3 is 10.1 Å². The summed E-state index contributed by atoms with van der Waals surface area (Å²) in [4.78, 5) is 12.5. The Labute approximate surface area is 160 Å². The third kappa shape index (κ3) is 5.27. The second kappa shape index (κ2) is 9.12. The number of nitrogens with zero attached hydrogens (tertiary/aromatic N) is 1. The number of ether oxygens (including phenoxy) is 1. The number of hydrogen-bond acceptors (Lipinski definition) is 4. The van der Waals surface area contributed by atoms with Gasteiger partial charge >= 0.3 is 0 Å². The van der Waals surface area contributed by atoms with E-state index in [0.29, 0.717) is 13.2 Å². The molecule has 1 aliphatic heterocycles. The molecule has 0 spiro atoms. The largest absolute Gasteiger partial charge is 0.376 e. The molecule has 1 saturated carbocycles. The number of rotatable bonds is 7. The summed E-state index contributed by atoms with van der Waals surface area (Å²) >= 11 is 0. The Balaban J connectivity index is 1.73. The standard InChI is InChI=1S/C19H27FN2O4S/c20-15-8-10-18(11-9-15)27(24,25)22(16-5-2-1-3-6-16)14-19(23)21-13-17-7-4-12-26-17/h8-11,16-17H,1-7,12-14H2,(H,21,23)/t17-/m0/s1. The fourth-order valence-corrected chi connectivity index (χ4v) is 5.39. The van der Waals surface area contributed by atoms with Crippen molar-refractivity contribution >= 4 is 15.9 Å². The Morgan fingerprint density at radius 2 is 1.81 bits per heavy atom. The highest BCUT2D eigenvalue weighted by Crippen LogP contribution is 2.27. The lowest BCUT2D eigenvalue weighted by molar-refractivity contribution is -0.122. The van der Waals surface area contributed by atoms with Gasteiger partial charge in [-0.15, -0.1) is 0 Å². The van der Waals surface area contributed by atoms with Gasteiger partial charge in [0.05, 0.1) is 17.5 Å². The van der Waals surface area contributed by atoms with Crippen molar-refractivity contribution in [1.29, 1.82) is 0 Å². The Morgan fingerprint density at radius 3 is 2.44 bits per heavy atom. The molecule has 1 aromatic rings. The molecule has 0 bridgehead atoms. The van der Waals surface area contributed by atoms with Gasteiger partial charge in [-0.25, -0.2) is 12.8 Å². The van der Waals surface area contributed by atoms with Gasteiger partial charge in [-0.2, -0.15) is 4.31 Å². The van der Waals surface area contributed by atoms with Gasteiger partial charge in [-0.05, 0) is 49.9 Å². The second-order valence-corrected chi connectivity index (χ2v) is 9.13. The van der Waals surface area contributed by atoms with Crippen molar-refractivity contribution in [2.75, 3.05) is 19.7 Å². The number of nitrogens with one attached hydrogen (secondary N) is 1. The lowest BCUT2D eigenvalue weighted by Gasteiger charge is -2.33. The molecule has 0 aromatic heterocycles. The second-order valence-electron chi connectivity index (χ2n) is 7.24. The van der Waals surface area contributed by atoms with Gasteiger partial charge in [-0.1, -0.05) is 19.3 Å². The third-order valence-electron chi connectivity index (χ3n) is 5.25. The summed E-state index contributed by atoms with van der Waals surface area (Å²) in [6.07, 6.45) is 6.32. The summed E-state index contributed by atoms with van der Waals surface area (Å²) in [5, 5.41) is 2.80. The van der Waals surface area contributed by atoms with Gasteiger partial charge in [0.1, 0.15) is 5.82 Å². The van der Waals surface area contributed by atoms with Crippen LogP contribution in [0.5, 0.6) is 0 Å². The van der Waals surface area contributed by atoms with Crippen LogP contribution in [0.4, 0.5) is 4.39 Å². The van der Waals surface area contributed by atoms with Crippen LogP contribution >= 0.6 is 0 Å². The van der Waals surface area contributed by atoms with Crippen LogP contribution in [0.15, 0.2) is 29.2 Å². The van der Waals surface area contributed by atoms with Gasteiger partial charge in [-0.3, -0.25) is 4.79 Å². The van der Waals surface area contributed by atoms with E-state index in [0.717, 1.165) is 57.1 Å². The SMILES string of the molecule is O=C(CN(C1CCCCC1)S(=O)(=O)c1ccc(F)cc1)NC[C@@H]1CCCO1. The molecule has 1 N–H and O–H groups in total. The first kappa shape index (κ1) is 20.2. The van der Waals surface area contributed by atoms with Crippen molar-refractivity contribution in [3.05, 3.63) is 30.1 Å². The normalized spacial score (nSPS) is 21.5. The number of sulfonamides is 1. The first-order valence-electron chi connectivity index (χ1n) is 9.62. The topological polar surface area (TPSA) is 75.7 Å². The van der Waals surface area contributed by atoms with E-state index in [4.69, 9.17) is 4.74 Å². The van der Waals surface area contributed by atoms with Gasteiger partial charge in [0, 0.05) is 19.2 Å². The summed E-state index contributed by atoms with van der Waals surface area (Å²) < 4.78 is 46.3. The van der Waals surface area contributed by atoms with E-state index < -0.39 is 15.8 Å². The molecule has 150 valence electrons. The number of halogens is 1. The van der Waals surface area contributed by atoms with Crippen molar-refractivity contribution in [1.82, 2.24) is 9.62 Å². The highest BCUT2D eigenvalue weighted by molar-refractivity contribution is 7.89. The molecule has 3 rings (SSSR count). The average molecular weight is 399 g/mol. The molecule has 8 heteroatoms. The van der Waals surface area contributed by atoms with Crippen LogP contribution in [0.2, 0.25) is 0 Å². The first-order chi connectivity index (χ1) is 13.0. The van der Waals surface area contributed by atoms with E-state index >= 15 is 0 Å². The molecular formula is C19H27FN2O4S. The van der Waals surface area contributed by atoms with E-state index in [1.54, 1.807) is 0 Å². The number of carbonyl (C=O) groups excluding carboxylic acids is 1. The molecule has 1 atom stereocenters. The Hall–Kier alpha value is -1.51. The zero-order valence-corrected chi connectivity index (χ0v) is 16.2. The van der Waals surface area contributed by atoms with Crippen LogP contribution in [0.3, 0.4) is 0 Å². The number of benzene rings is 1. The Bertz CT molecular complexity index is 727. The van der Waals surface area contributed by atoms with E-state index in [2.05, 4.69) is 5.32 Å². The maximum atomic E-state index is 13.2. The van der Waals surface area contributed by atoms with E-state index in [-0.39, 0.29) is 29.5 Å². The quantitative estimate of drug-likeness (QED) is 0.766. The van der Waals surface area contributed by atoms with Crippen molar-refractivity contribution in [3.63, 3.8) is 0 Å². The number of carbonyl (C=O) groups is 1. The van der Waals surface area contributed by atoms with Crippen molar-refractivity contribution in [3.8, 4) is 0 Å². The average Bonchev–Trinajstić information content (AvgIpc) is 3.19. The highest BCUT2D eigenvalue weighted by atomic mass is 32.2. The molecule has 0 radical (unpaired) electrons. The maximum Gasteiger partial charge on any atom is 0.243 e. The van der Waals surface area contributed by atoms with Crippen molar-refractivity contribution in [2.45, 2.75) is 62.0 Å². The van der Waals surface area contributed by atoms with Crippen molar-refractivity contribution < 1.29 is 22.3 Å². The molecule has 0 unspecified atom stereocenters. The summed E-state index contributed by atoms with van der Waals surface area (Å²) in [6, 6.07) is 4.56. The summed E-state index contributed by atoms with van der Waals surface area (Å²) in [6.45, 7) is 0.874. The fourth-order valence-electron chi connectivity index (χ4n) is 3.75. The Morgan fingerprint density at radius 1 is 1.11 bits per heavy atom. The van der Waals surface area contributed by atoms with Gasteiger partial charge in [0.25, 0.3) is 0 Å². The lowest BCUT2D eigenvalue weighted by atomic mass is 9.95. The minimum atomic E-state index is -3.88. The molecule has 6 nitrogen and oxygen atoms in total. The lowest BCUT2D eigenvalue weighted by Crippen LogP contribution is -2.47. The molecule has 1 aliphatic carbocycles. The van der Waals surface area contributed by atoms with Gasteiger partial charge in [0.15, 0.2) is 0 Å². The summed E-state index contributed by atoms with van der Waals surface area (Å²) in [5.74, 6) is -0.825. The number of amides is 1. The minimum Gasteiger partial charge on any atom is -0.376 e. The first-order valence-corrected chi connectivity index (χ1v) is 11.1. The molecule has 1 saturated heterocycles. The molecule has 1 heterocycles. The van der Waals surface area contributed by atoms with Crippen LogP contribution in [-0.2, 0) is 19.6 Å². The van der Waals surface area contributed by atoms with Crippen LogP contribution in [0, 0.1) is 5.82 Å². The highest BCUT2D eigenvalue weighted by Gasteiger charge is 2.34. The van der Waals surface area contributed by atoms with E-state index in [1.165, 1.54) is 16.4 Å². The molecule has 2 fully saturated rings. The maximum absolute atomic E-state index is 13.2. The molecule has 27 heavy (non-hydrogen) atoms. The molecule has 2 aliphatic rings. The Kier molecular flexibility index (Phi) is 6.83. The summed E-state index contributed by atoms with van der Waals surface area (Å²) in [5.41, 5.74) is 0. The number of hydrogen-bond donors (Lipinski definition) is 1. The fraction of sp³-hybridized carbons (Fsp3) is 0.632. The van der Waals surface area contributed by atoms with Crippen LogP contribution in [0.25, 0.3) is 0 Å². The van der Waals surface area contributed by atoms with Crippen LogP contribution in [0.1, 0.15) is 44.9 Å². The monoisotopic (exact) mass is 398 g/mol. The zero-order valence-electron chi connectivity index (χ0n) is 15.4. The minimum absolute atomic E-state index is 0.00536. The van der Waals surface area contributed by atoms with Crippen LogP contribution < -0.4 is 5.32 Å². The predicted molar refractivity (Wildman–Crippen MR) is 99.1 cm³/mol. The van der Waals surface area contributed by atoms with Crippen LogP contribution in [-0.4, -0.2) is 50.5 Å². The molecular weight excluding hydrogens is 371 g/mol. The van der Waals surface area contributed by atoms with Crippen molar-refractivity contribution in [2.24, 2.45) is 0 Å². The smallest absolute Gasteiger partial charge is 0.243 e. The van der Waals surface area contributed by atoms with E-state index in [9.17, 15) is 17.6 Å². The third-order valence-corrected chi connectivity index (χ3v) is 7.17. The molecule has 1 aromatic carbocycles. The predicted octanol–water partition coefficient (Wildman–Crippen LogP) is 2.44. The molecule has 1 amide bonds.